The van der Waals surface area contributed by atoms with Crippen LogP contribution in [0.1, 0.15) is 26.9 Å². The van der Waals surface area contributed by atoms with Gasteiger partial charge in [-0.05, 0) is 29.7 Å². The molecule has 1 aromatic heterocycles. The van der Waals surface area contributed by atoms with Gasteiger partial charge in [-0.15, -0.1) is 11.3 Å². The molecule has 31 heavy (non-hydrogen) atoms. The third-order valence-electron chi connectivity index (χ3n) is 5.01. The van der Waals surface area contributed by atoms with Crippen molar-refractivity contribution in [3.05, 3.63) is 64.5 Å². The highest BCUT2D eigenvalue weighted by Crippen LogP contribution is 2.39. The van der Waals surface area contributed by atoms with Crippen LogP contribution in [0.25, 0.3) is 10.1 Å². The third-order valence-corrected chi connectivity index (χ3v) is 8.07. The molecule has 1 unspecified atom stereocenters. The second kappa shape index (κ2) is 7.90. The Kier molecular flexibility index (Phi) is 5.54. The first-order valence-corrected chi connectivity index (χ1v) is 11.4. The van der Waals surface area contributed by atoms with E-state index in [1.807, 2.05) is 6.07 Å². The van der Waals surface area contributed by atoms with Crippen molar-refractivity contribution in [2.45, 2.75) is 17.2 Å². The average molecular weight is 470 g/mol. The monoisotopic (exact) mass is 470 g/mol. The second-order valence-corrected chi connectivity index (χ2v) is 9.94. The summed E-state index contributed by atoms with van der Waals surface area (Å²) in [5, 5.41) is 0.726. The van der Waals surface area contributed by atoms with Crippen molar-refractivity contribution in [3.8, 4) is 0 Å². The molecule has 6 nitrogen and oxygen atoms in total. The Bertz CT molecular complexity index is 1250. The second-order valence-electron chi connectivity index (χ2n) is 6.95. The number of hydrogen-bond donors (Lipinski definition) is 1. The Labute approximate surface area is 180 Å². The van der Waals surface area contributed by atoms with Crippen LogP contribution in [0.15, 0.2) is 53.4 Å². The normalized spacial score (nSPS) is 18.4. The Hall–Kier alpha value is -2.47. The summed E-state index contributed by atoms with van der Waals surface area (Å²) in [7, 11) is -4.21. The van der Waals surface area contributed by atoms with E-state index in [9.17, 15) is 26.4 Å². The number of hydrogen-bond acceptors (Lipinski definition) is 5. The van der Waals surface area contributed by atoms with Crippen LogP contribution < -0.4 is 5.73 Å². The maximum absolute atomic E-state index is 13.1. The number of halogens is 3. The lowest BCUT2D eigenvalue weighted by Crippen LogP contribution is -2.42. The molecule has 4 rings (SSSR count). The number of nitrogens with zero attached hydrogens (tertiary/aromatic N) is 1. The van der Waals surface area contributed by atoms with Gasteiger partial charge in [0.05, 0.1) is 28.0 Å². The molecule has 1 aliphatic heterocycles. The molecule has 0 aliphatic carbocycles. The van der Waals surface area contributed by atoms with E-state index in [0.29, 0.717) is 11.6 Å². The maximum Gasteiger partial charge on any atom is 0.416 e. The van der Waals surface area contributed by atoms with E-state index in [4.69, 9.17) is 10.5 Å². The van der Waals surface area contributed by atoms with Crippen molar-refractivity contribution in [3.63, 3.8) is 0 Å². The Balaban J connectivity index is 1.71. The van der Waals surface area contributed by atoms with Gasteiger partial charge >= 0.3 is 6.18 Å². The zero-order valence-electron chi connectivity index (χ0n) is 15.9. The summed E-state index contributed by atoms with van der Waals surface area (Å²) in [6, 6.07) is 10.8. The predicted molar refractivity (Wildman–Crippen MR) is 109 cm³/mol. The van der Waals surface area contributed by atoms with Gasteiger partial charge in [0.2, 0.25) is 10.0 Å². The largest absolute Gasteiger partial charge is 0.416 e. The molecule has 0 radical (unpaired) electrons. The minimum Gasteiger partial charge on any atom is -0.371 e. The van der Waals surface area contributed by atoms with E-state index in [0.717, 1.165) is 32.6 Å². The average Bonchev–Trinajstić information content (AvgIpc) is 3.13. The van der Waals surface area contributed by atoms with Gasteiger partial charge in [-0.3, -0.25) is 4.79 Å². The fourth-order valence-corrected chi connectivity index (χ4v) is 6.15. The predicted octanol–water partition coefficient (Wildman–Crippen LogP) is 3.78. The van der Waals surface area contributed by atoms with Gasteiger partial charge in [0, 0.05) is 23.4 Å². The highest BCUT2D eigenvalue weighted by molar-refractivity contribution is 7.89. The minimum absolute atomic E-state index is 0.0191. The van der Waals surface area contributed by atoms with Gasteiger partial charge in [0.15, 0.2) is 0 Å². The number of nitrogens with two attached hydrogens (primary N) is 1. The SMILES string of the molecule is NC(=O)c1sc2ccccc2c1C1CN(S(=O)(=O)c2cccc(C(F)(F)F)c2)CCO1. The van der Waals surface area contributed by atoms with E-state index < -0.39 is 38.7 Å². The summed E-state index contributed by atoms with van der Waals surface area (Å²) in [6.45, 7) is -0.159. The first-order valence-electron chi connectivity index (χ1n) is 9.19. The summed E-state index contributed by atoms with van der Waals surface area (Å²) < 4.78 is 72.9. The summed E-state index contributed by atoms with van der Waals surface area (Å²) >= 11 is 1.19. The lowest BCUT2D eigenvalue weighted by Gasteiger charge is -2.32. The lowest BCUT2D eigenvalue weighted by molar-refractivity contribution is -0.137. The molecule has 1 amide bonds. The van der Waals surface area contributed by atoms with Gasteiger partial charge in [0.1, 0.15) is 0 Å². The topological polar surface area (TPSA) is 89.7 Å². The van der Waals surface area contributed by atoms with Crippen LogP contribution in [0.2, 0.25) is 0 Å². The quantitative estimate of drug-likeness (QED) is 0.629. The van der Waals surface area contributed by atoms with Gasteiger partial charge < -0.3 is 10.5 Å². The molecule has 0 saturated carbocycles. The number of rotatable bonds is 4. The number of benzene rings is 2. The first kappa shape index (κ1) is 21.8. The molecule has 1 aliphatic rings. The smallest absolute Gasteiger partial charge is 0.371 e. The molecule has 3 aromatic rings. The Morgan fingerprint density at radius 2 is 1.90 bits per heavy atom. The van der Waals surface area contributed by atoms with Crippen LogP contribution in [0.5, 0.6) is 0 Å². The molecule has 2 aromatic carbocycles. The molecule has 11 heteroatoms. The molecule has 0 bridgehead atoms. The van der Waals surface area contributed by atoms with Crippen molar-refractivity contribution >= 4 is 37.4 Å². The van der Waals surface area contributed by atoms with Crippen molar-refractivity contribution < 1.29 is 31.1 Å². The van der Waals surface area contributed by atoms with Gasteiger partial charge in [-0.1, -0.05) is 24.3 Å². The molecular formula is C20H17F3N2O4S2. The van der Waals surface area contributed by atoms with Crippen LogP contribution in [-0.2, 0) is 20.9 Å². The Morgan fingerprint density at radius 3 is 2.61 bits per heavy atom. The van der Waals surface area contributed by atoms with Crippen molar-refractivity contribution in [1.29, 1.82) is 0 Å². The number of ether oxygens (including phenoxy) is 1. The first-order chi connectivity index (χ1) is 14.6. The van der Waals surface area contributed by atoms with Crippen LogP contribution >= 0.6 is 11.3 Å². The van der Waals surface area contributed by atoms with Gasteiger partial charge in [-0.2, -0.15) is 17.5 Å². The summed E-state index contributed by atoms with van der Waals surface area (Å²) in [5.74, 6) is -0.655. The molecule has 1 saturated heterocycles. The van der Waals surface area contributed by atoms with Gasteiger partial charge in [-0.25, -0.2) is 8.42 Å². The van der Waals surface area contributed by atoms with Crippen molar-refractivity contribution in [2.24, 2.45) is 5.73 Å². The van der Waals surface area contributed by atoms with E-state index in [2.05, 4.69) is 0 Å². The molecule has 2 heterocycles. The number of morpholine rings is 1. The fourth-order valence-electron chi connectivity index (χ4n) is 3.57. The summed E-state index contributed by atoms with van der Waals surface area (Å²) in [5.41, 5.74) is 4.99. The zero-order chi connectivity index (χ0) is 22.4. The number of fused-ring (bicyclic) bond motifs is 1. The number of carbonyl (C=O) groups excluding carboxylic acids is 1. The number of sulfonamides is 1. The molecule has 1 fully saturated rings. The lowest BCUT2D eigenvalue weighted by atomic mass is 10.0. The highest BCUT2D eigenvalue weighted by Gasteiger charge is 2.36. The minimum atomic E-state index is -4.66. The Morgan fingerprint density at radius 1 is 1.16 bits per heavy atom. The number of amides is 1. The standard InChI is InChI=1S/C20H17F3N2O4S2/c21-20(22,23)12-4-3-5-13(10-12)31(27,28)25-8-9-29-15(11-25)17-14-6-1-2-7-16(14)30-18(17)19(24)26/h1-7,10,15H,8-9,11H2,(H2,24,26). The van der Waals surface area contributed by atoms with E-state index in [1.165, 1.54) is 11.3 Å². The van der Waals surface area contributed by atoms with Crippen molar-refractivity contribution in [2.75, 3.05) is 19.7 Å². The maximum atomic E-state index is 13.1. The van der Waals surface area contributed by atoms with Crippen LogP contribution in [0, 0.1) is 0 Å². The molecule has 0 spiro atoms. The summed E-state index contributed by atoms with van der Waals surface area (Å²) in [6.07, 6.45) is -5.45. The third kappa shape index (κ3) is 4.05. The summed E-state index contributed by atoms with van der Waals surface area (Å²) in [4.78, 5) is 11.8. The number of primary amides is 1. The van der Waals surface area contributed by atoms with E-state index in [-0.39, 0.29) is 24.6 Å². The van der Waals surface area contributed by atoms with E-state index in [1.54, 1.807) is 18.2 Å². The zero-order valence-corrected chi connectivity index (χ0v) is 17.6. The van der Waals surface area contributed by atoms with Crippen LogP contribution in [0.4, 0.5) is 13.2 Å². The number of alkyl halides is 3. The van der Waals surface area contributed by atoms with E-state index >= 15 is 0 Å². The van der Waals surface area contributed by atoms with Crippen molar-refractivity contribution in [1.82, 2.24) is 4.31 Å². The molecule has 2 N–H and O–H groups in total. The van der Waals surface area contributed by atoms with Crippen LogP contribution in [-0.4, -0.2) is 38.3 Å². The number of thiophene rings is 1. The number of carbonyl (C=O) groups is 1. The highest BCUT2D eigenvalue weighted by atomic mass is 32.2. The van der Waals surface area contributed by atoms with Crippen LogP contribution in [0.3, 0.4) is 0 Å². The fraction of sp³-hybridized carbons (Fsp3) is 0.250. The molecular weight excluding hydrogens is 453 g/mol. The molecule has 1 atom stereocenters. The molecule has 164 valence electrons. The van der Waals surface area contributed by atoms with Gasteiger partial charge in [0.25, 0.3) is 5.91 Å².